The molecule has 1 aliphatic heterocycles. The number of allylic oxidation sites excluding steroid dienone is 1. The van der Waals surface area contributed by atoms with Gasteiger partial charge < -0.3 is 4.74 Å². The quantitative estimate of drug-likeness (QED) is 0.539. The Morgan fingerprint density at radius 2 is 2.21 bits per heavy atom. The van der Waals surface area contributed by atoms with Crippen LogP contribution in [0.15, 0.2) is 20.8 Å². The smallest absolute Gasteiger partial charge is 0.340 e. The second kappa shape index (κ2) is 5.47. The van der Waals surface area contributed by atoms with Crippen LogP contribution in [0.2, 0.25) is 0 Å². The number of hydrogen-bond donors (Lipinski definition) is 0. The Kier molecular flexibility index (Phi) is 4.87. The van der Waals surface area contributed by atoms with E-state index in [4.69, 9.17) is 4.74 Å². The van der Waals surface area contributed by atoms with Crippen LogP contribution in [0, 0.1) is 0 Å². The van der Waals surface area contributed by atoms with Crippen LogP contribution < -0.4 is 0 Å². The third-order valence-electron chi connectivity index (χ3n) is 1.79. The number of carbonyl (C=O) groups is 1. The fourth-order valence-electron chi connectivity index (χ4n) is 1.11. The molecule has 5 heteroatoms. The molecule has 0 aliphatic carbocycles. The van der Waals surface area contributed by atoms with E-state index in [2.05, 4.69) is 54.7 Å². The Bertz CT molecular complexity index is 303. The number of alkyl halides is 1. The van der Waals surface area contributed by atoms with Crippen LogP contribution in [0.1, 0.15) is 19.8 Å². The molecule has 0 saturated carbocycles. The highest BCUT2D eigenvalue weighted by atomic mass is 79.9. The summed E-state index contributed by atoms with van der Waals surface area (Å²) in [6.07, 6.45) is 3.69. The third kappa shape index (κ3) is 2.94. The van der Waals surface area contributed by atoms with Crippen LogP contribution in [0.5, 0.6) is 0 Å². The fraction of sp³-hybridized carbons (Fsp3) is 0.444. The van der Waals surface area contributed by atoms with E-state index in [1.54, 1.807) is 6.08 Å². The molecule has 14 heavy (non-hydrogen) atoms. The summed E-state index contributed by atoms with van der Waals surface area (Å²) in [5.41, 5.74) is 0.679. The summed E-state index contributed by atoms with van der Waals surface area (Å²) in [7, 11) is 0. The first kappa shape index (κ1) is 12.5. The summed E-state index contributed by atoms with van der Waals surface area (Å²) in [6, 6.07) is 0. The number of esters is 1. The molecule has 0 spiro atoms. The van der Waals surface area contributed by atoms with E-state index in [0.717, 1.165) is 12.8 Å². The molecule has 2 nitrogen and oxygen atoms in total. The van der Waals surface area contributed by atoms with Crippen LogP contribution in [0.4, 0.5) is 0 Å². The molecule has 1 aliphatic rings. The van der Waals surface area contributed by atoms with Crippen molar-refractivity contribution in [2.75, 3.05) is 0 Å². The van der Waals surface area contributed by atoms with Crippen molar-refractivity contribution in [3.05, 3.63) is 20.8 Å². The van der Waals surface area contributed by atoms with E-state index < -0.39 is 0 Å². The zero-order valence-corrected chi connectivity index (χ0v) is 12.3. The molecular formula is C9H9Br3O2. The largest absolute Gasteiger partial charge is 0.421 e. The molecule has 0 amide bonds. The van der Waals surface area contributed by atoms with Crippen molar-refractivity contribution in [1.82, 2.24) is 0 Å². The minimum absolute atomic E-state index is 0.0804. The van der Waals surface area contributed by atoms with Gasteiger partial charge in [0, 0.05) is 4.83 Å². The summed E-state index contributed by atoms with van der Waals surface area (Å²) < 4.78 is 5.68. The van der Waals surface area contributed by atoms with Crippen LogP contribution in [-0.4, -0.2) is 10.8 Å². The molecule has 1 heterocycles. The average Bonchev–Trinajstić information content (AvgIpc) is 2.48. The van der Waals surface area contributed by atoms with Gasteiger partial charge >= 0.3 is 5.97 Å². The standard InChI is InChI=1S/C9H9Br3O2/c1-2-3-6(10)5-4-7(8(11)12)14-9(5)13/h4,6H,2-3H2,1H3/t6-/m1/s1. The Labute approximate surface area is 108 Å². The van der Waals surface area contributed by atoms with Crippen molar-refractivity contribution < 1.29 is 9.53 Å². The molecule has 0 saturated heterocycles. The first-order valence-electron chi connectivity index (χ1n) is 4.19. The Balaban J connectivity index is 2.84. The Hall–Kier alpha value is 0.390. The zero-order chi connectivity index (χ0) is 10.7. The zero-order valence-electron chi connectivity index (χ0n) is 7.52. The van der Waals surface area contributed by atoms with Crippen molar-refractivity contribution in [1.29, 1.82) is 0 Å². The van der Waals surface area contributed by atoms with Gasteiger partial charge in [0.25, 0.3) is 0 Å². The van der Waals surface area contributed by atoms with Gasteiger partial charge in [-0.25, -0.2) is 4.79 Å². The minimum atomic E-state index is -0.272. The lowest BCUT2D eigenvalue weighted by Crippen LogP contribution is -2.09. The lowest BCUT2D eigenvalue weighted by molar-refractivity contribution is -0.133. The maximum absolute atomic E-state index is 11.4. The molecule has 0 aromatic rings. The SMILES string of the molecule is CCC[C@@H](Br)C1=CC(=C(Br)Br)OC1=O. The molecule has 1 atom stereocenters. The number of hydrogen-bond acceptors (Lipinski definition) is 2. The van der Waals surface area contributed by atoms with Crippen molar-refractivity contribution >= 4 is 53.8 Å². The van der Waals surface area contributed by atoms with Crippen LogP contribution in [0.3, 0.4) is 0 Å². The molecule has 0 radical (unpaired) electrons. The van der Waals surface area contributed by atoms with Gasteiger partial charge in [-0.15, -0.1) is 0 Å². The summed E-state index contributed by atoms with van der Waals surface area (Å²) in [5.74, 6) is 0.261. The number of carbonyl (C=O) groups excluding carboxylic acids is 1. The van der Waals surface area contributed by atoms with E-state index >= 15 is 0 Å². The van der Waals surface area contributed by atoms with Crippen molar-refractivity contribution in [3.63, 3.8) is 0 Å². The van der Waals surface area contributed by atoms with Crippen LogP contribution in [0.25, 0.3) is 0 Å². The number of halogens is 3. The van der Waals surface area contributed by atoms with Gasteiger partial charge in [0.2, 0.25) is 0 Å². The molecule has 0 unspecified atom stereocenters. The topological polar surface area (TPSA) is 26.3 Å². The van der Waals surface area contributed by atoms with E-state index in [9.17, 15) is 4.79 Å². The molecule has 0 aromatic carbocycles. The maximum Gasteiger partial charge on any atom is 0.340 e. The van der Waals surface area contributed by atoms with Gasteiger partial charge in [-0.3, -0.25) is 0 Å². The van der Waals surface area contributed by atoms with Crippen LogP contribution >= 0.6 is 47.8 Å². The summed E-state index contributed by atoms with van der Waals surface area (Å²) in [5, 5.41) is 0. The number of cyclic esters (lactones) is 1. The first-order valence-corrected chi connectivity index (χ1v) is 6.69. The average molecular weight is 389 g/mol. The Morgan fingerprint density at radius 3 is 2.64 bits per heavy atom. The lowest BCUT2D eigenvalue weighted by Gasteiger charge is -2.05. The molecule has 0 aromatic heterocycles. The first-order chi connectivity index (χ1) is 6.56. The van der Waals surface area contributed by atoms with Gasteiger partial charge in [0.15, 0.2) is 5.76 Å². The Morgan fingerprint density at radius 1 is 1.57 bits per heavy atom. The highest BCUT2D eigenvalue weighted by molar-refractivity contribution is 9.28. The molecule has 1 rings (SSSR count). The summed E-state index contributed by atoms with van der Waals surface area (Å²) in [6.45, 7) is 2.08. The normalized spacial score (nSPS) is 17.9. The van der Waals surface area contributed by atoms with E-state index in [0.29, 0.717) is 14.7 Å². The monoisotopic (exact) mass is 386 g/mol. The fourth-order valence-corrected chi connectivity index (χ4v) is 2.28. The number of rotatable bonds is 3. The number of ether oxygens (including phenoxy) is 1. The molecule has 0 bridgehead atoms. The van der Waals surface area contributed by atoms with E-state index in [-0.39, 0.29) is 10.8 Å². The van der Waals surface area contributed by atoms with Gasteiger partial charge in [-0.2, -0.15) is 0 Å². The highest BCUT2D eigenvalue weighted by Gasteiger charge is 2.27. The molecule has 78 valence electrons. The minimum Gasteiger partial charge on any atom is -0.421 e. The molecule has 0 fully saturated rings. The summed E-state index contributed by atoms with van der Waals surface area (Å²) >= 11 is 9.87. The van der Waals surface area contributed by atoms with E-state index in [1.165, 1.54) is 0 Å². The maximum atomic E-state index is 11.4. The van der Waals surface area contributed by atoms with Crippen molar-refractivity contribution in [2.24, 2.45) is 0 Å². The van der Waals surface area contributed by atoms with Crippen molar-refractivity contribution in [3.8, 4) is 0 Å². The van der Waals surface area contributed by atoms with Gasteiger partial charge in [-0.05, 0) is 44.4 Å². The van der Waals surface area contributed by atoms with E-state index in [1.807, 2.05) is 0 Å². The second-order valence-corrected chi connectivity index (χ2v) is 6.63. The van der Waals surface area contributed by atoms with Gasteiger partial charge in [0.05, 0.1) is 5.57 Å². The third-order valence-corrected chi connectivity index (χ3v) is 3.52. The van der Waals surface area contributed by atoms with Gasteiger partial charge in [0.1, 0.15) is 3.39 Å². The lowest BCUT2D eigenvalue weighted by atomic mass is 10.1. The predicted molar refractivity (Wildman–Crippen MR) is 66.7 cm³/mol. The molecule has 0 N–H and O–H groups in total. The van der Waals surface area contributed by atoms with Crippen molar-refractivity contribution in [2.45, 2.75) is 24.6 Å². The van der Waals surface area contributed by atoms with Crippen LogP contribution in [-0.2, 0) is 9.53 Å². The summed E-state index contributed by atoms with van der Waals surface area (Å²) in [4.78, 5) is 11.5. The highest BCUT2D eigenvalue weighted by Crippen LogP contribution is 2.31. The predicted octanol–water partition coefficient (Wildman–Crippen LogP) is 3.99. The van der Waals surface area contributed by atoms with Gasteiger partial charge in [-0.1, -0.05) is 29.3 Å². The molecular weight excluding hydrogens is 380 g/mol. The second-order valence-electron chi connectivity index (χ2n) is 2.87.